The molecule has 1 heterocycles. The summed E-state index contributed by atoms with van der Waals surface area (Å²) in [7, 11) is 0. The minimum absolute atomic E-state index is 0.0527. The zero-order valence-electron chi connectivity index (χ0n) is 10.1. The van der Waals surface area contributed by atoms with Crippen molar-refractivity contribution in [3.8, 4) is 0 Å². The molecule has 0 amide bonds. The van der Waals surface area contributed by atoms with Crippen LogP contribution in [-0.4, -0.2) is 4.92 Å². The van der Waals surface area contributed by atoms with E-state index in [2.05, 4.69) is 0 Å². The second-order valence-electron chi connectivity index (χ2n) is 4.91. The first-order chi connectivity index (χ1) is 8.77. The van der Waals surface area contributed by atoms with Gasteiger partial charge in [0.1, 0.15) is 10.5 Å². The smallest absolute Gasteiger partial charge is 0.400 e. The van der Waals surface area contributed by atoms with Gasteiger partial charge in [0.2, 0.25) is 0 Å². The van der Waals surface area contributed by atoms with E-state index in [1.54, 1.807) is 6.07 Å². The molecule has 0 saturated heterocycles. The first-order valence-corrected chi connectivity index (χ1v) is 6.43. The fourth-order valence-corrected chi connectivity index (χ4v) is 2.97. The van der Waals surface area contributed by atoms with Gasteiger partial charge in [0.25, 0.3) is 0 Å². The lowest BCUT2D eigenvalue weighted by molar-refractivity contribution is -0.402. The van der Waals surface area contributed by atoms with Gasteiger partial charge in [-0.15, -0.1) is 0 Å². The van der Waals surface area contributed by atoms with E-state index in [0.717, 1.165) is 36.6 Å². The number of hydrogen-bond donors (Lipinski definition) is 0. The molecular weight excluding hydrogens is 230 g/mol. The first kappa shape index (κ1) is 11.3. The maximum Gasteiger partial charge on any atom is 0.437 e. The van der Waals surface area contributed by atoms with Gasteiger partial charge in [-0.3, -0.25) is 10.1 Å². The topological polar surface area (TPSA) is 56.3 Å². The number of para-hydroxylation sites is 1. The molecule has 1 aliphatic carbocycles. The van der Waals surface area contributed by atoms with Gasteiger partial charge in [-0.2, -0.15) is 0 Å². The third-order valence-electron chi connectivity index (χ3n) is 3.79. The number of rotatable bonds is 2. The zero-order chi connectivity index (χ0) is 12.5. The van der Waals surface area contributed by atoms with Crippen LogP contribution in [0, 0.1) is 10.1 Å². The Morgan fingerprint density at radius 3 is 2.61 bits per heavy atom. The second-order valence-corrected chi connectivity index (χ2v) is 4.91. The van der Waals surface area contributed by atoms with Crippen molar-refractivity contribution >= 4 is 16.9 Å². The Kier molecular flexibility index (Phi) is 2.78. The van der Waals surface area contributed by atoms with Crippen molar-refractivity contribution in [1.29, 1.82) is 0 Å². The molecule has 0 aliphatic heterocycles. The summed E-state index contributed by atoms with van der Waals surface area (Å²) in [6.07, 6.45) is 5.61. The van der Waals surface area contributed by atoms with Gasteiger partial charge in [-0.1, -0.05) is 37.5 Å². The molecule has 0 unspecified atom stereocenters. The summed E-state index contributed by atoms with van der Waals surface area (Å²) >= 11 is 0. The van der Waals surface area contributed by atoms with Gasteiger partial charge < -0.3 is 4.42 Å². The highest BCUT2D eigenvalue weighted by Gasteiger charge is 2.30. The quantitative estimate of drug-likeness (QED) is 0.582. The van der Waals surface area contributed by atoms with Crippen molar-refractivity contribution in [3.05, 3.63) is 39.9 Å². The van der Waals surface area contributed by atoms with Crippen molar-refractivity contribution in [2.45, 2.75) is 38.0 Å². The third-order valence-corrected chi connectivity index (χ3v) is 3.79. The van der Waals surface area contributed by atoms with E-state index in [-0.39, 0.29) is 16.7 Å². The average molecular weight is 245 g/mol. The fourth-order valence-electron chi connectivity index (χ4n) is 2.97. The van der Waals surface area contributed by atoms with E-state index >= 15 is 0 Å². The molecule has 1 fully saturated rings. The normalized spacial score (nSPS) is 17.1. The molecule has 0 N–H and O–H groups in total. The number of nitrogens with zero attached hydrogens (tertiary/aromatic N) is 1. The highest BCUT2D eigenvalue weighted by molar-refractivity contribution is 5.85. The van der Waals surface area contributed by atoms with Crippen LogP contribution in [0.15, 0.2) is 28.7 Å². The molecular formula is C14H15NO3. The van der Waals surface area contributed by atoms with Crippen LogP contribution in [0.3, 0.4) is 0 Å². The van der Waals surface area contributed by atoms with Crippen LogP contribution in [0.2, 0.25) is 0 Å². The predicted octanol–water partition coefficient (Wildman–Crippen LogP) is 4.39. The Morgan fingerprint density at radius 1 is 1.17 bits per heavy atom. The van der Waals surface area contributed by atoms with Crippen molar-refractivity contribution in [2.75, 3.05) is 0 Å². The zero-order valence-corrected chi connectivity index (χ0v) is 10.1. The fraction of sp³-hybridized carbons (Fsp3) is 0.429. The van der Waals surface area contributed by atoms with E-state index in [4.69, 9.17) is 4.42 Å². The average Bonchev–Trinajstić information content (AvgIpc) is 2.79. The highest BCUT2D eigenvalue weighted by Crippen LogP contribution is 2.43. The van der Waals surface area contributed by atoms with Gasteiger partial charge in [0.05, 0.1) is 5.56 Å². The maximum atomic E-state index is 11.1. The third kappa shape index (κ3) is 1.78. The minimum Gasteiger partial charge on any atom is -0.400 e. The summed E-state index contributed by atoms with van der Waals surface area (Å²) in [6.45, 7) is 0. The Bertz CT molecular complexity index is 582. The molecule has 94 valence electrons. The minimum atomic E-state index is -0.385. The van der Waals surface area contributed by atoms with Crippen LogP contribution in [0.4, 0.5) is 5.88 Å². The summed E-state index contributed by atoms with van der Waals surface area (Å²) in [6, 6.07) is 7.48. The van der Waals surface area contributed by atoms with E-state index in [9.17, 15) is 10.1 Å². The molecule has 1 aromatic carbocycles. The first-order valence-electron chi connectivity index (χ1n) is 6.43. The molecule has 0 atom stereocenters. The molecule has 4 heteroatoms. The van der Waals surface area contributed by atoms with Crippen LogP contribution in [-0.2, 0) is 0 Å². The summed E-state index contributed by atoms with van der Waals surface area (Å²) in [5.41, 5.74) is 1.44. The molecule has 1 aromatic heterocycles. The molecule has 3 rings (SSSR count). The summed E-state index contributed by atoms with van der Waals surface area (Å²) in [5, 5.41) is 12.1. The Morgan fingerprint density at radius 2 is 1.89 bits per heavy atom. The van der Waals surface area contributed by atoms with Gasteiger partial charge in [0.15, 0.2) is 0 Å². The number of fused-ring (bicyclic) bond motifs is 1. The van der Waals surface area contributed by atoms with E-state index in [0.29, 0.717) is 5.58 Å². The van der Waals surface area contributed by atoms with Crippen molar-refractivity contribution < 1.29 is 9.34 Å². The molecule has 0 spiro atoms. The molecule has 18 heavy (non-hydrogen) atoms. The highest BCUT2D eigenvalue weighted by atomic mass is 16.6. The lowest BCUT2D eigenvalue weighted by Crippen LogP contribution is -2.06. The Balaban J connectivity index is 2.17. The number of nitro groups is 1. The summed E-state index contributed by atoms with van der Waals surface area (Å²) in [4.78, 5) is 10.8. The van der Waals surface area contributed by atoms with Gasteiger partial charge in [0, 0.05) is 5.39 Å². The number of furan rings is 1. The van der Waals surface area contributed by atoms with Crippen molar-refractivity contribution in [1.82, 2.24) is 0 Å². The predicted molar refractivity (Wildman–Crippen MR) is 68.7 cm³/mol. The summed E-state index contributed by atoms with van der Waals surface area (Å²) in [5.74, 6) is 0.228. The monoisotopic (exact) mass is 245 g/mol. The van der Waals surface area contributed by atoms with Crippen molar-refractivity contribution in [3.63, 3.8) is 0 Å². The lowest BCUT2D eigenvalue weighted by Gasteiger charge is -2.19. The molecule has 1 aliphatic rings. The number of hydrogen-bond acceptors (Lipinski definition) is 3. The summed E-state index contributed by atoms with van der Waals surface area (Å²) < 4.78 is 5.41. The van der Waals surface area contributed by atoms with Gasteiger partial charge >= 0.3 is 5.88 Å². The SMILES string of the molecule is O=[N+]([O-])c1oc2ccccc2c1C1CCCCC1. The van der Waals surface area contributed by atoms with E-state index in [1.165, 1.54) is 6.42 Å². The van der Waals surface area contributed by atoms with Crippen LogP contribution in [0.1, 0.15) is 43.6 Å². The number of benzene rings is 1. The lowest BCUT2D eigenvalue weighted by atomic mass is 9.83. The Labute approximate surface area is 105 Å². The molecule has 0 bridgehead atoms. The Hall–Kier alpha value is -1.84. The van der Waals surface area contributed by atoms with Gasteiger partial charge in [-0.25, -0.2) is 0 Å². The van der Waals surface area contributed by atoms with Crippen LogP contribution in [0.5, 0.6) is 0 Å². The molecule has 1 saturated carbocycles. The molecule has 2 aromatic rings. The van der Waals surface area contributed by atoms with Crippen LogP contribution >= 0.6 is 0 Å². The van der Waals surface area contributed by atoms with Gasteiger partial charge in [-0.05, 0) is 24.8 Å². The van der Waals surface area contributed by atoms with Crippen LogP contribution in [0.25, 0.3) is 11.0 Å². The standard InChI is InChI=1S/C14H15NO3/c16-15(17)14-13(10-6-2-1-3-7-10)11-8-4-5-9-12(11)18-14/h4-5,8-10H,1-3,6-7H2. The van der Waals surface area contributed by atoms with E-state index in [1.807, 2.05) is 18.2 Å². The van der Waals surface area contributed by atoms with Crippen LogP contribution < -0.4 is 0 Å². The maximum absolute atomic E-state index is 11.1. The molecule has 4 nitrogen and oxygen atoms in total. The van der Waals surface area contributed by atoms with E-state index < -0.39 is 0 Å². The van der Waals surface area contributed by atoms with Crippen molar-refractivity contribution in [2.24, 2.45) is 0 Å². The molecule has 0 radical (unpaired) electrons. The largest absolute Gasteiger partial charge is 0.437 e. The second kappa shape index (κ2) is 4.44.